The van der Waals surface area contributed by atoms with E-state index in [1.54, 1.807) is 0 Å². The van der Waals surface area contributed by atoms with E-state index in [-0.39, 0.29) is 0 Å². The zero-order valence-electron chi connectivity index (χ0n) is 10.1. The topological polar surface area (TPSA) is 29.5 Å². The normalized spacial score (nSPS) is 52.2. The molecule has 90 valence electrons. The fraction of sp³-hybridized carbons (Fsp3) is 0.857. The Kier molecular flexibility index (Phi) is 2.41. The number of hydrogen-bond acceptors (Lipinski definition) is 2. The number of ether oxygens (including phenoxy) is 1. The largest absolute Gasteiger partial charge is 0.385 e. The zero-order chi connectivity index (χ0) is 11.3. The van der Waals surface area contributed by atoms with E-state index >= 15 is 0 Å². The van der Waals surface area contributed by atoms with Gasteiger partial charge in [-0.2, -0.15) is 0 Å². The fourth-order valence-corrected chi connectivity index (χ4v) is 4.08. The SMILES string of the molecule is C=C1C[C@@H]2[C@@H](OC[C@H]2C)[C@@H]2CCCC[C@]12O. The van der Waals surface area contributed by atoms with Gasteiger partial charge in [-0.25, -0.2) is 0 Å². The summed E-state index contributed by atoms with van der Waals surface area (Å²) in [6.07, 6.45) is 5.66. The number of hydrogen-bond donors (Lipinski definition) is 1. The minimum atomic E-state index is -0.608. The molecule has 0 aromatic rings. The third kappa shape index (κ3) is 1.32. The Labute approximate surface area is 97.7 Å². The van der Waals surface area contributed by atoms with Crippen molar-refractivity contribution in [1.82, 2.24) is 0 Å². The summed E-state index contributed by atoms with van der Waals surface area (Å²) in [5.41, 5.74) is 0.472. The van der Waals surface area contributed by atoms with Crippen molar-refractivity contribution in [3.63, 3.8) is 0 Å². The van der Waals surface area contributed by atoms with Crippen LogP contribution < -0.4 is 0 Å². The molecule has 0 aromatic heterocycles. The highest BCUT2D eigenvalue weighted by Crippen LogP contribution is 2.52. The maximum absolute atomic E-state index is 10.8. The molecular weight excluding hydrogens is 200 g/mol. The molecule has 0 amide bonds. The van der Waals surface area contributed by atoms with Crippen LogP contribution in [0.2, 0.25) is 0 Å². The molecule has 2 saturated carbocycles. The molecule has 0 bridgehead atoms. The molecule has 0 radical (unpaired) electrons. The predicted octanol–water partition coefficient (Wildman–Crippen LogP) is 2.52. The van der Waals surface area contributed by atoms with Crippen LogP contribution in [0.4, 0.5) is 0 Å². The van der Waals surface area contributed by atoms with Gasteiger partial charge in [-0.15, -0.1) is 0 Å². The van der Waals surface area contributed by atoms with Gasteiger partial charge in [-0.05, 0) is 36.7 Å². The molecule has 16 heavy (non-hydrogen) atoms. The van der Waals surface area contributed by atoms with Gasteiger partial charge < -0.3 is 9.84 Å². The van der Waals surface area contributed by atoms with Gasteiger partial charge in [-0.3, -0.25) is 0 Å². The maximum Gasteiger partial charge on any atom is 0.0907 e. The summed E-state index contributed by atoms with van der Waals surface area (Å²) in [4.78, 5) is 0. The number of aliphatic hydroxyl groups is 1. The molecule has 3 aliphatic rings. The number of fused-ring (bicyclic) bond motifs is 3. The van der Waals surface area contributed by atoms with Gasteiger partial charge in [0, 0.05) is 12.5 Å². The summed E-state index contributed by atoms with van der Waals surface area (Å²) < 4.78 is 5.95. The van der Waals surface area contributed by atoms with E-state index in [0.717, 1.165) is 37.9 Å². The molecule has 5 atom stereocenters. The third-order valence-corrected chi connectivity index (χ3v) is 5.13. The molecule has 2 heteroatoms. The van der Waals surface area contributed by atoms with E-state index in [2.05, 4.69) is 13.5 Å². The van der Waals surface area contributed by atoms with Crippen molar-refractivity contribution in [2.45, 2.75) is 50.7 Å². The van der Waals surface area contributed by atoms with E-state index in [1.807, 2.05) is 0 Å². The Hall–Kier alpha value is -0.340. The predicted molar refractivity (Wildman–Crippen MR) is 63.1 cm³/mol. The second-order valence-electron chi connectivity index (χ2n) is 6.02. The van der Waals surface area contributed by atoms with E-state index in [0.29, 0.717) is 23.9 Å². The van der Waals surface area contributed by atoms with Crippen molar-refractivity contribution in [3.8, 4) is 0 Å². The van der Waals surface area contributed by atoms with Crippen molar-refractivity contribution >= 4 is 0 Å². The van der Waals surface area contributed by atoms with Gasteiger partial charge in [0.25, 0.3) is 0 Å². The van der Waals surface area contributed by atoms with Crippen molar-refractivity contribution in [1.29, 1.82) is 0 Å². The zero-order valence-corrected chi connectivity index (χ0v) is 10.1. The van der Waals surface area contributed by atoms with Gasteiger partial charge in [0.1, 0.15) is 0 Å². The molecule has 0 unspecified atom stereocenters. The molecule has 3 rings (SSSR count). The van der Waals surface area contributed by atoms with Crippen molar-refractivity contribution in [2.24, 2.45) is 17.8 Å². The van der Waals surface area contributed by atoms with Crippen LogP contribution in [0.1, 0.15) is 39.0 Å². The van der Waals surface area contributed by atoms with Gasteiger partial charge in [0.05, 0.1) is 11.7 Å². The molecule has 1 heterocycles. The first kappa shape index (κ1) is 10.8. The molecule has 0 aromatic carbocycles. The quantitative estimate of drug-likeness (QED) is 0.638. The Balaban J connectivity index is 1.93. The highest BCUT2D eigenvalue weighted by molar-refractivity contribution is 5.23. The summed E-state index contributed by atoms with van der Waals surface area (Å²) in [6, 6.07) is 0. The monoisotopic (exact) mass is 222 g/mol. The Morgan fingerprint density at radius 1 is 1.44 bits per heavy atom. The van der Waals surface area contributed by atoms with Crippen LogP contribution >= 0.6 is 0 Å². The standard InChI is InChI=1S/C14H22O2/c1-9-8-16-13-11(9)7-10(2)14(15)6-4-3-5-12(13)14/h9,11-13,15H,2-8H2,1H3/t9-,11+,12+,13-,14+/m1/s1. The summed E-state index contributed by atoms with van der Waals surface area (Å²) in [5, 5.41) is 10.8. The third-order valence-electron chi connectivity index (χ3n) is 5.13. The van der Waals surface area contributed by atoms with Crippen LogP contribution in [0.15, 0.2) is 12.2 Å². The van der Waals surface area contributed by atoms with Crippen molar-refractivity contribution < 1.29 is 9.84 Å². The van der Waals surface area contributed by atoms with Crippen LogP contribution in [-0.2, 0) is 4.74 Å². The molecule has 1 saturated heterocycles. The first-order valence-corrected chi connectivity index (χ1v) is 6.65. The lowest BCUT2D eigenvalue weighted by molar-refractivity contribution is -0.107. The van der Waals surface area contributed by atoms with Gasteiger partial charge in [0.15, 0.2) is 0 Å². The number of rotatable bonds is 0. The fourth-order valence-electron chi connectivity index (χ4n) is 4.08. The van der Waals surface area contributed by atoms with E-state index in [9.17, 15) is 5.11 Å². The molecule has 0 spiro atoms. The Bertz CT molecular complexity index is 312. The van der Waals surface area contributed by atoms with Crippen LogP contribution in [-0.4, -0.2) is 23.4 Å². The van der Waals surface area contributed by atoms with Crippen molar-refractivity contribution in [2.75, 3.05) is 6.61 Å². The molecule has 2 nitrogen and oxygen atoms in total. The van der Waals surface area contributed by atoms with Gasteiger partial charge in [0.2, 0.25) is 0 Å². The molecular formula is C14H22O2. The van der Waals surface area contributed by atoms with Gasteiger partial charge >= 0.3 is 0 Å². The first-order valence-electron chi connectivity index (χ1n) is 6.65. The van der Waals surface area contributed by atoms with Crippen molar-refractivity contribution in [3.05, 3.63) is 12.2 Å². The van der Waals surface area contributed by atoms with Gasteiger partial charge in [-0.1, -0.05) is 26.3 Å². The van der Waals surface area contributed by atoms with E-state index < -0.39 is 5.60 Å². The lowest BCUT2D eigenvalue weighted by Gasteiger charge is -2.50. The summed E-state index contributed by atoms with van der Waals surface area (Å²) in [6.45, 7) is 7.30. The molecule has 1 N–H and O–H groups in total. The average molecular weight is 222 g/mol. The van der Waals surface area contributed by atoms with Crippen LogP contribution in [0, 0.1) is 17.8 Å². The van der Waals surface area contributed by atoms with E-state index in [4.69, 9.17) is 4.74 Å². The highest BCUT2D eigenvalue weighted by Gasteiger charge is 2.54. The van der Waals surface area contributed by atoms with Crippen LogP contribution in [0.3, 0.4) is 0 Å². The second-order valence-corrected chi connectivity index (χ2v) is 6.02. The maximum atomic E-state index is 10.8. The minimum absolute atomic E-state index is 0.297. The molecule has 1 aliphatic heterocycles. The van der Waals surface area contributed by atoms with Crippen LogP contribution in [0.25, 0.3) is 0 Å². The lowest BCUT2D eigenvalue weighted by Crippen LogP contribution is -2.53. The summed E-state index contributed by atoms with van der Waals surface area (Å²) in [5.74, 6) is 1.56. The molecule has 2 aliphatic carbocycles. The first-order chi connectivity index (χ1) is 7.63. The lowest BCUT2D eigenvalue weighted by atomic mass is 9.60. The Morgan fingerprint density at radius 2 is 2.25 bits per heavy atom. The second kappa shape index (κ2) is 3.58. The van der Waals surface area contributed by atoms with E-state index in [1.165, 1.54) is 6.42 Å². The Morgan fingerprint density at radius 3 is 3.06 bits per heavy atom. The van der Waals surface area contributed by atoms with Crippen LogP contribution in [0.5, 0.6) is 0 Å². The average Bonchev–Trinajstić information content (AvgIpc) is 2.61. The summed E-state index contributed by atoms with van der Waals surface area (Å²) in [7, 11) is 0. The minimum Gasteiger partial charge on any atom is -0.385 e. The highest BCUT2D eigenvalue weighted by atomic mass is 16.5. The molecule has 3 fully saturated rings. The summed E-state index contributed by atoms with van der Waals surface area (Å²) >= 11 is 0. The smallest absolute Gasteiger partial charge is 0.0907 e.